The molecule has 4 nitrogen and oxygen atoms in total. The summed E-state index contributed by atoms with van der Waals surface area (Å²) < 4.78 is 52.6. The molecule has 2 unspecified atom stereocenters. The predicted molar refractivity (Wildman–Crippen MR) is 139 cm³/mol. The van der Waals surface area contributed by atoms with E-state index in [1.807, 2.05) is 35.2 Å². The van der Waals surface area contributed by atoms with Gasteiger partial charge in [-0.15, -0.1) is 0 Å². The van der Waals surface area contributed by atoms with E-state index in [2.05, 4.69) is 10.2 Å². The largest absolute Gasteiger partial charge is 0.416 e. The highest BCUT2D eigenvalue weighted by molar-refractivity contribution is 5.92. The van der Waals surface area contributed by atoms with Crippen LogP contribution in [0.5, 0.6) is 0 Å². The van der Waals surface area contributed by atoms with E-state index in [0.29, 0.717) is 31.7 Å². The predicted octanol–water partition coefficient (Wildman–Crippen LogP) is 5.28. The molecule has 0 radical (unpaired) electrons. The number of benzene rings is 3. The van der Waals surface area contributed by atoms with Crippen LogP contribution >= 0.6 is 0 Å². The van der Waals surface area contributed by atoms with E-state index in [1.165, 1.54) is 24.3 Å². The molecular weight excluding hydrogens is 494 g/mol. The lowest BCUT2D eigenvalue weighted by Crippen LogP contribution is -2.48. The topological polar surface area (TPSA) is 35.6 Å². The lowest BCUT2D eigenvalue weighted by atomic mass is 9.91. The third kappa shape index (κ3) is 5.70. The average Bonchev–Trinajstić information content (AvgIpc) is 3.65. The molecule has 8 heteroatoms. The molecule has 0 spiro atoms. The van der Waals surface area contributed by atoms with Gasteiger partial charge in [0.05, 0.1) is 11.0 Å². The van der Waals surface area contributed by atoms with Crippen molar-refractivity contribution in [3.63, 3.8) is 0 Å². The van der Waals surface area contributed by atoms with Crippen LogP contribution in [0.3, 0.4) is 0 Å². The van der Waals surface area contributed by atoms with Crippen molar-refractivity contribution in [3.05, 3.63) is 101 Å². The molecule has 1 aliphatic heterocycles. The van der Waals surface area contributed by atoms with Crippen LogP contribution in [-0.4, -0.2) is 50.1 Å². The second-order valence-electron chi connectivity index (χ2n) is 10.2. The first-order chi connectivity index (χ1) is 18.3. The van der Waals surface area contributed by atoms with Crippen molar-refractivity contribution >= 4 is 11.6 Å². The summed E-state index contributed by atoms with van der Waals surface area (Å²) in [4.78, 5) is 17.8. The SMILES string of the molecule is O=C(NCCc1ccc(F)cc1)C1(c2ccccc2)CC1CN1CCN(c2cccc(C(F)(F)F)c2)CC1. The van der Waals surface area contributed by atoms with E-state index in [9.17, 15) is 22.4 Å². The second kappa shape index (κ2) is 10.8. The third-order valence-electron chi connectivity index (χ3n) is 7.80. The van der Waals surface area contributed by atoms with E-state index in [-0.39, 0.29) is 17.6 Å². The van der Waals surface area contributed by atoms with E-state index in [0.717, 1.165) is 43.2 Å². The molecule has 1 aliphatic carbocycles. The first-order valence-corrected chi connectivity index (χ1v) is 13.0. The molecule has 38 heavy (non-hydrogen) atoms. The highest BCUT2D eigenvalue weighted by atomic mass is 19.4. The molecule has 200 valence electrons. The zero-order valence-corrected chi connectivity index (χ0v) is 21.1. The summed E-state index contributed by atoms with van der Waals surface area (Å²) in [6, 6.07) is 21.6. The van der Waals surface area contributed by atoms with Gasteiger partial charge in [-0.2, -0.15) is 13.2 Å². The standard InChI is InChI=1S/C30H31F4N3O/c31-26-11-9-22(10-12-26)13-14-35-28(38)29(23-5-2-1-3-6-23)20-25(29)21-36-15-17-37(18-16-36)27-8-4-7-24(19-27)30(32,33)34/h1-12,19,25H,13-18,20-21H2,(H,35,38). The molecular formula is C30H31F4N3O. The van der Waals surface area contributed by atoms with Crippen molar-refractivity contribution in [2.75, 3.05) is 44.2 Å². The van der Waals surface area contributed by atoms with Gasteiger partial charge in [0.1, 0.15) is 5.82 Å². The molecule has 2 aliphatic rings. The van der Waals surface area contributed by atoms with Gasteiger partial charge in [0.2, 0.25) is 5.91 Å². The van der Waals surface area contributed by atoms with Gasteiger partial charge in [0, 0.05) is 45.0 Å². The summed E-state index contributed by atoms with van der Waals surface area (Å²) in [5, 5.41) is 3.11. The highest BCUT2D eigenvalue weighted by Gasteiger charge is 2.60. The normalized spacial score (nSPS) is 21.8. The smallest absolute Gasteiger partial charge is 0.369 e. The second-order valence-corrected chi connectivity index (χ2v) is 10.2. The third-order valence-corrected chi connectivity index (χ3v) is 7.80. The molecule has 1 saturated carbocycles. The number of carbonyl (C=O) groups excluding carboxylic acids is 1. The number of hydrogen-bond acceptors (Lipinski definition) is 3. The van der Waals surface area contributed by atoms with Gasteiger partial charge in [-0.25, -0.2) is 4.39 Å². The Morgan fingerprint density at radius 3 is 2.32 bits per heavy atom. The van der Waals surface area contributed by atoms with E-state index >= 15 is 0 Å². The number of anilines is 1. The molecule has 1 amide bonds. The Kier molecular flexibility index (Phi) is 7.43. The fourth-order valence-corrected chi connectivity index (χ4v) is 5.56. The van der Waals surface area contributed by atoms with Gasteiger partial charge in [0.15, 0.2) is 0 Å². The Hall–Kier alpha value is -3.39. The van der Waals surface area contributed by atoms with Gasteiger partial charge in [0.25, 0.3) is 0 Å². The van der Waals surface area contributed by atoms with Crippen LogP contribution in [0, 0.1) is 11.7 Å². The number of alkyl halides is 3. The van der Waals surface area contributed by atoms with Crippen LogP contribution in [0.15, 0.2) is 78.9 Å². The van der Waals surface area contributed by atoms with Crippen LogP contribution in [0.4, 0.5) is 23.2 Å². The maximum atomic E-state index is 13.5. The number of halogens is 4. The Morgan fingerprint density at radius 2 is 1.63 bits per heavy atom. The van der Waals surface area contributed by atoms with Gasteiger partial charge in [-0.1, -0.05) is 48.5 Å². The summed E-state index contributed by atoms with van der Waals surface area (Å²) in [6.45, 7) is 3.96. The monoisotopic (exact) mass is 525 g/mol. The van der Waals surface area contributed by atoms with E-state index in [1.54, 1.807) is 18.2 Å². The minimum Gasteiger partial charge on any atom is -0.369 e. The maximum Gasteiger partial charge on any atom is 0.416 e. The molecule has 2 fully saturated rings. The number of nitrogens with zero attached hydrogens (tertiary/aromatic N) is 2. The van der Waals surface area contributed by atoms with Gasteiger partial charge < -0.3 is 10.2 Å². The van der Waals surface area contributed by atoms with Crippen LogP contribution in [-0.2, 0) is 22.8 Å². The summed E-state index contributed by atoms with van der Waals surface area (Å²) in [5.74, 6) is -0.105. The number of piperazine rings is 1. The molecule has 3 aromatic rings. The Balaban J connectivity index is 1.19. The van der Waals surface area contributed by atoms with Crippen molar-refractivity contribution in [1.29, 1.82) is 0 Å². The van der Waals surface area contributed by atoms with Gasteiger partial charge in [-0.05, 0) is 60.2 Å². The van der Waals surface area contributed by atoms with Crippen LogP contribution in [0.25, 0.3) is 0 Å². The van der Waals surface area contributed by atoms with Crippen LogP contribution in [0.2, 0.25) is 0 Å². The minimum atomic E-state index is -4.36. The fraction of sp³-hybridized carbons (Fsp3) is 0.367. The molecule has 0 aromatic heterocycles. The molecule has 2 atom stereocenters. The highest BCUT2D eigenvalue weighted by Crippen LogP contribution is 2.55. The number of hydrogen-bond donors (Lipinski definition) is 1. The lowest BCUT2D eigenvalue weighted by molar-refractivity contribution is -0.137. The van der Waals surface area contributed by atoms with Gasteiger partial charge >= 0.3 is 6.18 Å². The first kappa shape index (κ1) is 26.2. The number of carbonyl (C=O) groups is 1. The molecule has 0 bridgehead atoms. The quantitative estimate of drug-likeness (QED) is 0.407. The fourth-order valence-electron chi connectivity index (χ4n) is 5.56. The van der Waals surface area contributed by atoms with Gasteiger partial charge in [-0.3, -0.25) is 9.69 Å². The molecule has 5 rings (SSSR count). The average molecular weight is 526 g/mol. The maximum absolute atomic E-state index is 13.5. The zero-order valence-electron chi connectivity index (χ0n) is 21.1. The molecule has 1 heterocycles. The van der Waals surface area contributed by atoms with Crippen molar-refractivity contribution in [2.45, 2.75) is 24.4 Å². The number of nitrogens with one attached hydrogen (secondary N) is 1. The lowest BCUT2D eigenvalue weighted by Gasteiger charge is -2.36. The first-order valence-electron chi connectivity index (χ1n) is 13.0. The van der Waals surface area contributed by atoms with E-state index < -0.39 is 17.2 Å². The summed E-state index contributed by atoms with van der Waals surface area (Å²) in [6.07, 6.45) is -2.98. The van der Waals surface area contributed by atoms with Crippen LogP contribution < -0.4 is 10.2 Å². The van der Waals surface area contributed by atoms with Crippen molar-refractivity contribution < 1.29 is 22.4 Å². The molecule has 1 N–H and O–H groups in total. The number of amides is 1. The molecule has 3 aromatic carbocycles. The van der Waals surface area contributed by atoms with Crippen LogP contribution in [0.1, 0.15) is 23.1 Å². The van der Waals surface area contributed by atoms with Crippen molar-refractivity contribution in [2.24, 2.45) is 5.92 Å². The van der Waals surface area contributed by atoms with Crippen molar-refractivity contribution in [3.8, 4) is 0 Å². The van der Waals surface area contributed by atoms with Crippen molar-refractivity contribution in [1.82, 2.24) is 10.2 Å². The Labute approximate surface area is 220 Å². The number of rotatable bonds is 8. The summed E-state index contributed by atoms with van der Waals surface area (Å²) in [7, 11) is 0. The molecule has 1 saturated heterocycles. The summed E-state index contributed by atoms with van der Waals surface area (Å²) in [5.41, 5.74) is 1.35. The zero-order chi connectivity index (χ0) is 26.8. The summed E-state index contributed by atoms with van der Waals surface area (Å²) >= 11 is 0. The Bertz CT molecular complexity index is 1240. The minimum absolute atomic E-state index is 0.0124. The Morgan fingerprint density at radius 1 is 0.921 bits per heavy atom. The van der Waals surface area contributed by atoms with E-state index in [4.69, 9.17) is 0 Å².